The van der Waals surface area contributed by atoms with E-state index in [1.54, 1.807) is 0 Å². The Balaban J connectivity index is 2.01. The average molecular weight is 246 g/mol. The fourth-order valence-corrected chi connectivity index (χ4v) is 2.48. The highest BCUT2D eigenvalue weighted by molar-refractivity contribution is 6.02. The van der Waals surface area contributed by atoms with Gasteiger partial charge in [-0.2, -0.15) is 0 Å². The third-order valence-electron chi connectivity index (χ3n) is 3.51. The number of carbonyl (C=O) groups excluding carboxylic acids is 1. The van der Waals surface area contributed by atoms with Gasteiger partial charge in [0.25, 0.3) is 0 Å². The monoisotopic (exact) mass is 246 g/mol. The molecule has 0 saturated heterocycles. The van der Waals surface area contributed by atoms with Gasteiger partial charge >= 0.3 is 0 Å². The molecule has 1 aliphatic carbocycles. The van der Waals surface area contributed by atoms with E-state index >= 15 is 0 Å². The van der Waals surface area contributed by atoms with Crippen LogP contribution < -0.4 is 0 Å². The van der Waals surface area contributed by atoms with Crippen LogP contribution >= 0.6 is 0 Å². The van der Waals surface area contributed by atoms with Crippen LogP contribution in [0.25, 0.3) is 0 Å². The summed E-state index contributed by atoms with van der Waals surface area (Å²) in [6, 6.07) is 15.7. The lowest BCUT2D eigenvalue weighted by atomic mass is 10.0. The molecule has 0 fully saturated rings. The Morgan fingerprint density at radius 3 is 2.58 bits per heavy atom. The van der Waals surface area contributed by atoms with Crippen molar-refractivity contribution >= 4 is 5.78 Å². The normalized spacial score (nSPS) is 16.7. The van der Waals surface area contributed by atoms with Gasteiger partial charge in [0.2, 0.25) is 0 Å². The van der Waals surface area contributed by atoms with E-state index in [1.165, 1.54) is 0 Å². The van der Waals surface area contributed by atoms with Crippen LogP contribution in [0.2, 0.25) is 0 Å². The molecule has 0 radical (unpaired) electrons. The van der Waals surface area contributed by atoms with Crippen LogP contribution in [0, 0.1) is 17.8 Å². The minimum atomic E-state index is 0.0923. The third-order valence-corrected chi connectivity index (χ3v) is 3.51. The predicted octanol–water partition coefficient (Wildman–Crippen LogP) is 3.46. The molecule has 92 valence electrons. The molecule has 1 aliphatic rings. The highest BCUT2D eigenvalue weighted by Gasteiger charge is 2.28. The Kier molecular flexibility index (Phi) is 2.93. The SMILES string of the molecule is CC1Cc2c(C#Cc3ccccc3)cccc2C1=O. The van der Waals surface area contributed by atoms with E-state index in [0.29, 0.717) is 0 Å². The van der Waals surface area contributed by atoms with Gasteiger partial charge in [-0.05, 0) is 30.2 Å². The predicted molar refractivity (Wildman–Crippen MR) is 76.1 cm³/mol. The van der Waals surface area contributed by atoms with E-state index in [9.17, 15) is 4.79 Å². The van der Waals surface area contributed by atoms with E-state index < -0.39 is 0 Å². The molecule has 0 saturated carbocycles. The Bertz CT molecular complexity index is 687. The zero-order chi connectivity index (χ0) is 13.2. The lowest BCUT2D eigenvalue weighted by molar-refractivity contribution is 0.0946. The maximum Gasteiger partial charge on any atom is 0.166 e. The Labute approximate surface area is 113 Å². The van der Waals surface area contributed by atoms with E-state index in [-0.39, 0.29) is 11.7 Å². The second kappa shape index (κ2) is 4.74. The number of hydrogen-bond donors (Lipinski definition) is 0. The van der Waals surface area contributed by atoms with Gasteiger partial charge in [-0.3, -0.25) is 4.79 Å². The Hall–Kier alpha value is -2.33. The van der Waals surface area contributed by atoms with Crippen LogP contribution in [0.1, 0.15) is 34.0 Å². The van der Waals surface area contributed by atoms with E-state index in [2.05, 4.69) is 11.8 Å². The largest absolute Gasteiger partial charge is 0.294 e. The summed E-state index contributed by atoms with van der Waals surface area (Å²) >= 11 is 0. The average Bonchev–Trinajstić information content (AvgIpc) is 2.74. The summed E-state index contributed by atoms with van der Waals surface area (Å²) in [6.45, 7) is 1.98. The highest BCUT2D eigenvalue weighted by Crippen LogP contribution is 2.28. The Morgan fingerprint density at radius 2 is 1.79 bits per heavy atom. The smallest absolute Gasteiger partial charge is 0.166 e. The van der Waals surface area contributed by atoms with Crippen LogP contribution in [0.5, 0.6) is 0 Å². The number of hydrogen-bond acceptors (Lipinski definition) is 1. The van der Waals surface area contributed by atoms with Crippen molar-refractivity contribution in [3.63, 3.8) is 0 Å². The molecule has 0 amide bonds. The lowest BCUT2D eigenvalue weighted by Crippen LogP contribution is -2.02. The molecular weight excluding hydrogens is 232 g/mol. The second-order valence-corrected chi connectivity index (χ2v) is 4.92. The maximum absolute atomic E-state index is 12.0. The molecule has 1 atom stereocenters. The standard InChI is InChI=1S/C18H14O/c1-13-12-17-15(8-5-9-16(17)18(13)19)11-10-14-6-3-2-4-7-14/h2-9,13H,12H2,1H3. The van der Waals surface area contributed by atoms with Crippen molar-refractivity contribution in [3.8, 4) is 11.8 Å². The molecule has 1 nitrogen and oxygen atoms in total. The van der Waals surface area contributed by atoms with Crippen LogP contribution in [0.4, 0.5) is 0 Å². The summed E-state index contributed by atoms with van der Waals surface area (Å²) in [5.74, 6) is 6.70. The van der Waals surface area contributed by atoms with E-state index in [4.69, 9.17) is 0 Å². The fraction of sp³-hybridized carbons (Fsp3) is 0.167. The minimum Gasteiger partial charge on any atom is -0.294 e. The van der Waals surface area contributed by atoms with Crippen LogP contribution in [-0.2, 0) is 6.42 Å². The maximum atomic E-state index is 12.0. The van der Waals surface area contributed by atoms with E-state index in [1.807, 2.05) is 55.5 Å². The first-order valence-electron chi connectivity index (χ1n) is 6.49. The summed E-state index contributed by atoms with van der Waals surface area (Å²) in [6.07, 6.45) is 0.813. The van der Waals surface area contributed by atoms with Gasteiger partial charge in [-0.15, -0.1) is 0 Å². The van der Waals surface area contributed by atoms with Gasteiger partial charge in [0.05, 0.1) is 0 Å². The minimum absolute atomic E-state index is 0.0923. The fourth-order valence-electron chi connectivity index (χ4n) is 2.48. The van der Waals surface area contributed by atoms with Gasteiger partial charge in [0.15, 0.2) is 5.78 Å². The van der Waals surface area contributed by atoms with Gasteiger partial charge in [0, 0.05) is 22.6 Å². The molecule has 0 heterocycles. The number of Topliss-reactive ketones (excluding diaryl/α,β-unsaturated/α-hetero) is 1. The molecule has 19 heavy (non-hydrogen) atoms. The summed E-state index contributed by atoms with van der Waals surface area (Å²) in [7, 11) is 0. The molecule has 1 heteroatoms. The zero-order valence-corrected chi connectivity index (χ0v) is 10.8. The molecule has 0 bridgehead atoms. The van der Waals surface area contributed by atoms with Crippen molar-refractivity contribution in [3.05, 3.63) is 70.8 Å². The van der Waals surface area contributed by atoms with Crippen molar-refractivity contribution in [1.29, 1.82) is 0 Å². The lowest BCUT2D eigenvalue weighted by Gasteiger charge is -2.00. The van der Waals surface area contributed by atoms with E-state index in [0.717, 1.165) is 28.7 Å². The van der Waals surface area contributed by atoms with Crippen LogP contribution in [0.3, 0.4) is 0 Å². The summed E-state index contributed by atoms with van der Waals surface area (Å²) < 4.78 is 0. The van der Waals surface area contributed by atoms with Gasteiger partial charge < -0.3 is 0 Å². The number of ketones is 1. The van der Waals surface area contributed by atoms with Crippen LogP contribution in [0.15, 0.2) is 48.5 Å². The zero-order valence-electron chi connectivity index (χ0n) is 10.8. The quantitative estimate of drug-likeness (QED) is 0.651. The molecule has 0 aromatic heterocycles. The molecular formula is C18H14O. The van der Waals surface area contributed by atoms with Gasteiger partial charge in [0.1, 0.15) is 0 Å². The van der Waals surface area contributed by atoms with Crippen LogP contribution in [-0.4, -0.2) is 5.78 Å². The summed E-state index contributed by atoms with van der Waals surface area (Å²) in [5, 5.41) is 0. The number of benzene rings is 2. The third kappa shape index (κ3) is 2.18. The first-order valence-corrected chi connectivity index (χ1v) is 6.49. The summed E-state index contributed by atoms with van der Waals surface area (Å²) in [4.78, 5) is 12.0. The Morgan fingerprint density at radius 1 is 1.00 bits per heavy atom. The number of fused-ring (bicyclic) bond motifs is 1. The number of rotatable bonds is 0. The van der Waals surface area contributed by atoms with Crippen molar-refractivity contribution in [1.82, 2.24) is 0 Å². The molecule has 1 unspecified atom stereocenters. The molecule has 0 N–H and O–H groups in total. The second-order valence-electron chi connectivity index (χ2n) is 4.92. The molecule has 3 rings (SSSR count). The number of carbonyl (C=O) groups is 1. The highest BCUT2D eigenvalue weighted by atomic mass is 16.1. The van der Waals surface area contributed by atoms with Crippen molar-refractivity contribution in [2.45, 2.75) is 13.3 Å². The topological polar surface area (TPSA) is 17.1 Å². The van der Waals surface area contributed by atoms with Crippen molar-refractivity contribution in [2.75, 3.05) is 0 Å². The summed E-state index contributed by atoms with van der Waals surface area (Å²) in [5.41, 5.74) is 3.95. The first kappa shape index (κ1) is 11.7. The van der Waals surface area contributed by atoms with Crippen molar-refractivity contribution < 1.29 is 4.79 Å². The molecule has 0 spiro atoms. The van der Waals surface area contributed by atoms with Gasteiger partial charge in [-0.1, -0.05) is 49.1 Å². The molecule has 2 aromatic carbocycles. The first-order chi connectivity index (χ1) is 9.25. The van der Waals surface area contributed by atoms with Gasteiger partial charge in [-0.25, -0.2) is 0 Å². The molecule has 2 aromatic rings. The molecule has 0 aliphatic heterocycles. The van der Waals surface area contributed by atoms with Crippen molar-refractivity contribution in [2.24, 2.45) is 5.92 Å².